The number of hydrogen-bond donors (Lipinski definition) is 1. The second-order valence-electron chi connectivity index (χ2n) is 10.1. The first-order valence-corrected chi connectivity index (χ1v) is 12.7. The minimum Gasteiger partial charge on any atom is -0.340 e. The number of anilines is 1. The Labute approximate surface area is 206 Å². The van der Waals surface area contributed by atoms with Gasteiger partial charge in [-0.05, 0) is 57.6 Å². The molecule has 0 unspecified atom stereocenters. The van der Waals surface area contributed by atoms with Crippen LogP contribution in [-0.2, 0) is 12.8 Å². The van der Waals surface area contributed by atoms with E-state index in [-0.39, 0.29) is 12.4 Å². The minimum absolute atomic E-state index is 0. The van der Waals surface area contributed by atoms with Gasteiger partial charge in [0, 0.05) is 53.5 Å². The topological polar surface area (TPSA) is 53.9 Å². The molecule has 2 aliphatic heterocycles. The molecule has 0 amide bonds. The molecule has 33 heavy (non-hydrogen) atoms. The van der Waals surface area contributed by atoms with Gasteiger partial charge < -0.3 is 10.2 Å². The average molecular weight is 482 g/mol. The monoisotopic (exact) mass is 481 g/mol. The van der Waals surface area contributed by atoms with E-state index in [1.165, 1.54) is 50.6 Å². The van der Waals surface area contributed by atoms with Crippen LogP contribution >= 0.6 is 23.7 Å². The zero-order valence-electron chi connectivity index (χ0n) is 19.6. The van der Waals surface area contributed by atoms with E-state index < -0.39 is 0 Å². The van der Waals surface area contributed by atoms with Crippen molar-refractivity contribution < 1.29 is 0 Å². The van der Waals surface area contributed by atoms with Gasteiger partial charge in [-0.15, -0.1) is 23.7 Å². The molecule has 6 rings (SSSR count). The Morgan fingerprint density at radius 3 is 2.70 bits per heavy atom. The summed E-state index contributed by atoms with van der Waals surface area (Å²) in [6.07, 6.45) is 4.41. The van der Waals surface area contributed by atoms with E-state index in [1.54, 1.807) is 11.3 Å². The summed E-state index contributed by atoms with van der Waals surface area (Å²) >= 11 is 1.80. The van der Waals surface area contributed by atoms with Crippen molar-refractivity contribution in [1.82, 2.24) is 20.3 Å². The largest absolute Gasteiger partial charge is 0.340 e. The smallest absolute Gasteiger partial charge is 0.226 e. The quantitative estimate of drug-likeness (QED) is 0.569. The number of halogens is 1. The van der Waals surface area contributed by atoms with Crippen molar-refractivity contribution in [2.75, 3.05) is 31.1 Å². The number of rotatable bonds is 3. The van der Waals surface area contributed by atoms with Gasteiger partial charge >= 0.3 is 0 Å². The molecule has 1 aromatic carbocycles. The van der Waals surface area contributed by atoms with Gasteiger partial charge in [-0.3, -0.25) is 0 Å². The van der Waals surface area contributed by atoms with Crippen molar-refractivity contribution in [2.45, 2.75) is 52.4 Å². The Kier molecular flexibility index (Phi) is 5.96. The van der Waals surface area contributed by atoms with Gasteiger partial charge in [0.1, 0.15) is 0 Å². The lowest BCUT2D eigenvalue weighted by molar-refractivity contribution is 0.199. The molecular formula is C26H32ClN5S. The SMILES string of the molecule is Cc1cccc(-c2nc(N3CCC4(CNC4)C3)nc3c2CC[C@H](c2scnc2C)C3)c1C.Cl. The van der Waals surface area contributed by atoms with Crippen molar-refractivity contribution in [3.05, 3.63) is 56.7 Å². The number of nitrogens with one attached hydrogen (secondary N) is 1. The summed E-state index contributed by atoms with van der Waals surface area (Å²) in [6, 6.07) is 6.61. The Balaban J connectivity index is 0.00000228. The van der Waals surface area contributed by atoms with Gasteiger partial charge in [-0.25, -0.2) is 15.0 Å². The summed E-state index contributed by atoms with van der Waals surface area (Å²) in [5, 5.41) is 3.47. The van der Waals surface area contributed by atoms with E-state index >= 15 is 0 Å². The molecule has 1 N–H and O–H groups in total. The Hall–Kier alpha value is -2.02. The highest BCUT2D eigenvalue weighted by Crippen LogP contribution is 2.41. The Morgan fingerprint density at radius 2 is 2.00 bits per heavy atom. The summed E-state index contributed by atoms with van der Waals surface area (Å²) in [6.45, 7) is 11.0. The number of aromatic nitrogens is 3. The molecule has 1 atom stereocenters. The maximum atomic E-state index is 5.25. The summed E-state index contributed by atoms with van der Waals surface area (Å²) in [5.74, 6) is 1.45. The predicted octanol–water partition coefficient (Wildman–Crippen LogP) is 5.02. The fourth-order valence-corrected chi connectivity index (χ4v) is 6.72. The van der Waals surface area contributed by atoms with Crippen LogP contribution in [0.25, 0.3) is 11.3 Å². The summed E-state index contributed by atoms with van der Waals surface area (Å²) in [5.41, 5.74) is 11.3. The maximum Gasteiger partial charge on any atom is 0.226 e. The lowest BCUT2D eigenvalue weighted by Gasteiger charge is -2.39. The molecule has 4 heterocycles. The normalized spacial score (nSPS) is 20.9. The van der Waals surface area contributed by atoms with Crippen LogP contribution in [0.5, 0.6) is 0 Å². The molecule has 7 heteroatoms. The van der Waals surface area contributed by atoms with Crippen molar-refractivity contribution in [1.29, 1.82) is 0 Å². The predicted molar refractivity (Wildman–Crippen MR) is 138 cm³/mol. The lowest BCUT2D eigenvalue weighted by Crippen LogP contribution is -2.54. The minimum atomic E-state index is 0. The standard InChI is InChI=1S/C26H31N5S.ClH/c1-16-5-4-6-20(17(16)2)23-21-8-7-19(24-18(3)28-15-32-24)11-22(21)29-25(30-23)31-10-9-26(14-31)12-27-13-26;/h4-6,15,19,27H,7-14H2,1-3H3;1H/t19-;/m0./s1. The van der Waals surface area contributed by atoms with Crippen molar-refractivity contribution in [3.63, 3.8) is 0 Å². The van der Waals surface area contributed by atoms with Gasteiger partial charge in [0.2, 0.25) is 5.95 Å². The van der Waals surface area contributed by atoms with Gasteiger partial charge in [0.05, 0.1) is 22.6 Å². The van der Waals surface area contributed by atoms with Crippen LogP contribution < -0.4 is 10.2 Å². The number of benzene rings is 1. The Bertz CT molecular complexity index is 1190. The van der Waals surface area contributed by atoms with Crippen LogP contribution in [-0.4, -0.2) is 41.1 Å². The van der Waals surface area contributed by atoms with E-state index in [1.807, 2.05) is 5.51 Å². The van der Waals surface area contributed by atoms with Gasteiger partial charge in [0.15, 0.2) is 0 Å². The fraction of sp³-hybridized carbons (Fsp3) is 0.500. The zero-order valence-corrected chi connectivity index (χ0v) is 21.3. The molecule has 1 aliphatic carbocycles. The van der Waals surface area contributed by atoms with Crippen LogP contribution in [0.4, 0.5) is 5.95 Å². The molecule has 174 valence electrons. The summed E-state index contributed by atoms with van der Waals surface area (Å²) < 4.78 is 0. The number of fused-ring (bicyclic) bond motifs is 1. The molecule has 0 bridgehead atoms. The van der Waals surface area contributed by atoms with Crippen LogP contribution in [0.15, 0.2) is 23.7 Å². The highest BCUT2D eigenvalue weighted by atomic mass is 35.5. The molecular weight excluding hydrogens is 450 g/mol. The van der Waals surface area contributed by atoms with Crippen LogP contribution in [0.3, 0.4) is 0 Å². The van der Waals surface area contributed by atoms with Crippen molar-refractivity contribution in [2.24, 2.45) is 5.41 Å². The van der Waals surface area contributed by atoms with Crippen LogP contribution in [0.1, 0.15) is 51.7 Å². The van der Waals surface area contributed by atoms with E-state index in [2.05, 4.69) is 54.2 Å². The third-order valence-corrected chi connectivity index (χ3v) is 9.09. The average Bonchev–Trinajstić information content (AvgIpc) is 3.41. The van der Waals surface area contributed by atoms with Gasteiger partial charge in [-0.2, -0.15) is 0 Å². The molecule has 0 saturated carbocycles. The van der Waals surface area contributed by atoms with Gasteiger partial charge in [0.25, 0.3) is 0 Å². The maximum absolute atomic E-state index is 5.25. The molecule has 3 aliphatic rings. The Morgan fingerprint density at radius 1 is 1.15 bits per heavy atom. The molecule has 2 aromatic heterocycles. The lowest BCUT2D eigenvalue weighted by atomic mass is 9.81. The van der Waals surface area contributed by atoms with E-state index in [0.717, 1.165) is 51.4 Å². The summed E-state index contributed by atoms with van der Waals surface area (Å²) in [4.78, 5) is 18.9. The first-order chi connectivity index (χ1) is 15.5. The zero-order chi connectivity index (χ0) is 21.9. The first kappa shape index (κ1) is 22.8. The molecule has 0 radical (unpaired) electrons. The van der Waals surface area contributed by atoms with Crippen LogP contribution in [0.2, 0.25) is 0 Å². The fourth-order valence-electron chi connectivity index (χ4n) is 5.77. The van der Waals surface area contributed by atoms with E-state index in [0.29, 0.717) is 11.3 Å². The summed E-state index contributed by atoms with van der Waals surface area (Å²) in [7, 11) is 0. The van der Waals surface area contributed by atoms with Crippen molar-refractivity contribution in [3.8, 4) is 11.3 Å². The first-order valence-electron chi connectivity index (χ1n) is 11.8. The highest BCUT2D eigenvalue weighted by molar-refractivity contribution is 7.09. The second kappa shape index (κ2) is 8.64. The molecule has 3 aromatic rings. The van der Waals surface area contributed by atoms with Crippen molar-refractivity contribution >= 4 is 29.7 Å². The number of nitrogens with zero attached hydrogens (tertiary/aromatic N) is 4. The molecule has 1 spiro atoms. The molecule has 2 saturated heterocycles. The number of hydrogen-bond acceptors (Lipinski definition) is 6. The third-order valence-electron chi connectivity index (χ3n) is 8.00. The number of thiazole rings is 1. The van der Waals surface area contributed by atoms with Gasteiger partial charge in [-0.1, -0.05) is 18.2 Å². The highest BCUT2D eigenvalue weighted by Gasteiger charge is 2.44. The van der Waals surface area contributed by atoms with Crippen LogP contribution in [0, 0.1) is 26.2 Å². The second-order valence-corrected chi connectivity index (χ2v) is 10.9. The van der Waals surface area contributed by atoms with E-state index in [9.17, 15) is 0 Å². The molecule has 5 nitrogen and oxygen atoms in total. The number of aryl methyl sites for hydroxylation is 2. The molecule has 2 fully saturated rings. The van der Waals surface area contributed by atoms with E-state index in [4.69, 9.17) is 9.97 Å². The third kappa shape index (κ3) is 3.86.